The molecule has 0 amide bonds. The summed E-state index contributed by atoms with van der Waals surface area (Å²) in [5.41, 5.74) is 1.05. The Kier molecular flexibility index (Phi) is 2.83. The number of fused-ring (bicyclic) bond motifs is 1. The van der Waals surface area contributed by atoms with Crippen LogP contribution < -0.4 is 5.69 Å². The number of halogens is 2. The highest BCUT2D eigenvalue weighted by molar-refractivity contribution is 6.30. The Hall–Kier alpha value is -2.14. The molecule has 19 heavy (non-hydrogen) atoms. The molecule has 6 heteroatoms. The molecule has 0 saturated carbocycles. The lowest BCUT2D eigenvalue weighted by atomic mass is 10.2. The summed E-state index contributed by atoms with van der Waals surface area (Å²) >= 11 is 5.71. The van der Waals surface area contributed by atoms with E-state index in [1.807, 2.05) is 0 Å². The standard InChI is InChI=1S/C13H9ClFN3O/c14-10-7-9(4-5-11(10)15)8-18-13(19)17-6-2-1-3-12(17)16-18/h1-7H,8H2. The first-order valence-corrected chi connectivity index (χ1v) is 6.01. The van der Waals surface area contributed by atoms with Crippen molar-refractivity contribution in [2.75, 3.05) is 0 Å². The fourth-order valence-electron chi connectivity index (χ4n) is 1.88. The van der Waals surface area contributed by atoms with Crippen LogP contribution in [0.3, 0.4) is 0 Å². The van der Waals surface area contributed by atoms with E-state index in [1.54, 1.807) is 30.5 Å². The predicted molar refractivity (Wildman–Crippen MR) is 70.0 cm³/mol. The summed E-state index contributed by atoms with van der Waals surface area (Å²) in [6.45, 7) is 0.251. The number of benzene rings is 1. The lowest BCUT2D eigenvalue weighted by Gasteiger charge is -2.01. The summed E-state index contributed by atoms with van der Waals surface area (Å²) in [6, 6.07) is 9.66. The Morgan fingerprint density at radius 1 is 1.26 bits per heavy atom. The second-order valence-electron chi connectivity index (χ2n) is 4.12. The van der Waals surface area contributed by atoms with Crippen molar-refractivity contribution in [1.29, 1.82) is 0 Å². The highest BCUT2D eigenvalue weighted by Crippen LogP contribution is 2.16. The van der Waals surface area contributed by atoms with E-state index >= 15 is 0 Å². The SMILES string of the molecule is O=c1n(Cc2ccc(F)c(Cl)c2)nc2ccccn12. The van der Waals surface area contributed by atoms with Crippen molar-refractivity contribution in [3.8, 4) is 0 Å². The van der Waals surface area contributed by atoms with E-state index in [9.17, 15) is 9.18 Å². The van der Waals surface area contributed by atoms with Gasteiger partial charge in [-0.25, -0.2) is 13.9 Å². The highest BCUT2D eigenvalue weighted by atomic mass is 35.5. The molecule has 0 aliphatic heterocycles. The molecule has 2 heterocycles. The average molecular weight is 278 g/mol. The van der Waals surface area contributed by atoms with Crippen molar-refractivity contribution in [3.05, 3.63) is 69.5 Å². The Morgan fingerprint density at radius 3 is 2.84 bits per heavy atom. The molecule has 2 aromatic heterocycles. The highest BCUT2D eigenvalue weighted by Gasteiger charge is 2.07. The lowest BCUT2D eigenvalue weighted by Crippen LogP contribution is -2.21. The van der Waals surface area contributed by atoms with E-state index < -0.39 is 5.82 Å². The van der Waals surface area contributed by atoms with E-state index in [0.717, 1.165) is 5.56 Å². The van der Waals surface area contributed by atoms with Gasteiger partial charge in [0.05, 0.1) is 11.6 Å². The van der Waals surface area contributed by atoms with Crippen molar-refractivity contribution in [1.82, 2.24) is 14.2 Å². The second-order valence-corrected chi connectivity index (χ2v) is 4.52. The molecule has 0 saturated heterocycles. The van der Waals surface area contributed by atoms with Gasteiger partial charge < -0.3 is 0 Å². The molecular weight excluding hydrogens is 269 g/mol. The Labute approximate surface area is 112 Å². The minimum atomic E-state index is -0.479. The summed E-state index contributed by atoms with van der Waals surface area (Å²) < 4.78 is 15.8. The van der Waals surface area contributed by atoms with E-state index in [0.29, 0.717) is 5.65 Å². The Balaban J connectivity index is 2.03. The summed E-state index contributed by atoms with van der Waals surface area (Å²) in [6.07, 6.45) is 1.65. The van der Waals surface area contributed by atoms with E-state index in [2.05, 4.69) is 5.10 Å². The first-order chi connectivity index (χ1) is 9.15. The van der Waals surface area contributed by atoms with Crippen LogP contribution in [0.2, 0.25) is 5.02 Å². The number of hydrogen-bond donors (Lipinski definition) is 0. The monoisotopic (exact) mass is 277 g/mol. The molecule has 3 aromatic rings. The topological polar surface area (TPSA) is 39.3 Å². The van der Waals surface area contributed by atoms with Crippen LogP contribution in [0.4, 0.5) is 4.39 Å². The van der Waals surface area contributed by atoms with Gasteiger partial charge in [-0.1, -0.05) is 23.7 Å². The van der Waals surface area contributed by atoms with Crippen LogP contribution in [0.1, 0.15) is 5.56 Å². The molecule has 0 fully saturated rings. The van der Waals surface area contributed by atoms with E-state index in [4.69, 9.17) is 11.6 Å². The molecule has 4 nitrogen and oxygen atoms in total. The van der Waals surface area contributed by atoms with Gasteiger partial charge in [-0.15, -0.1) is 5.10 Å². The van der Waals surface area contributed by atoms with Crippen LogP contribution in [0.25, 0.3) is 5.65 Å². The third kappa shape index (κ3) is 2.13. The lowest BCUT2D eigenvalue weighted by molar-refractivity contribution is 0.623. The molecular formula is C13H9ClFN3O. The third-order valence-electron chi connectivity index (χ3n) is 2.80. The number of nitrogens with zero attached hydrogens (tertiary/aromatic N) is 3. The van der Waals surface area contributed by atoms with Crippen molar-refractivity contribution < 1.29 is 4.39 Å². The largest absolute Gasteiger partial charge is 0.350 e. The maximum Gasteiger partial charge on any atom is 0.350 e. The third-order valence-corrected chi connectivity index (χ3v) is 3.09. The summed E-state index contributed by atoms with van der Waals surface area (Å²) in [4.78, 5) is 12.0. The van der Waals surface area contributed by atoms with Gasteiger partial charge in [-0.2, -0.15) is 0 Å². The molecule has 0 unspecified atom stereocenters. The van der Waals surface area contributed by atoms with Gasteiger partial charge in [0.15, 0.2) is 5.65 Å². The molecule has 3 rings (SSSR count). The molecule has 0 radical (unpaired) electrons. The second kappa shape index (κ2) is 4.51. The van der Waals surface area contributed by atoms with Crippen LogP contribution >= 0.6 is 11.6 Å². The first kappa shape index (κ1) is 11.9. The summed E-state index contributed by atoms with van der Waals surface area (Å²) in [7, 11) is 0. The number of hydrogen-bond acceptors (Lipinski definition) is 2. The maximum atomic E-state index is 13.1. The molecule has 0 aliphatic carbocycles. The zero-order valence-electron chi connectivity index (χ0n) is 9.75. The zero-order valence-corrected chi connectivity index (χ0v) is 10.5. The van der Waals surface area contributed by atoms with Crippen LogP contribution in [-0.4, -0.2) is 14.2 Å². The van der Waals surface area contributed by atoms with Crippen molar-refractivity contribution in [2.45, 2.75) is 6.54 Å². The Bertz CT molecular complexity index is 809. The van der Waals surface area contributed by atoms with Gasteiger partial charge in [0, 0.05) is 6.20 Å². The summed E-state index contributed by atoms with van der Waals surface area (Å²) in [5.74, 6) is -0.479. The first-order valence-electron chi connectivity index (χ1n) is 5.63. The number of aromatic nitrogens is 3. The molecule has 0 atom stereocenters. The van der Waals surface area contributed by atoms with Crippen LogP contribution in [0.5, 0.6) is 0 Å². The van der Waals surface area contributed by atoms with Gasteiger partial charge in [0.1, 0.15) is 5.82 Å². The number of rotatable bonds is 2. The fourth-order valence-corrected chi connectivity index (χ4v) is 2.09. The van der Waals surface area contributed by atoms with Gasteiger partial charge in [-0.05, 0) is 29.8 Å². The molecule has 1 aromatic carbocycles. The molecule has 0 N–H and O–H groups in total. The zero-order chi connectivity index (χ0) is 13.4. The van der Waals surface area contributed by atoms with Gasteiger partial charge in [0.2, 0.25) is 0 Å². The van der Waals surface area contributed by atoms with E-state index in [-0.39, 0.29) is 17.3 Å². The molecule has 0 spiro atoms. The van der Waals surface area contributed by atoms with Crippen LogP contribution in [0.15, 0.2) is 47.4 Å². The minimum Gasteiger partial charge on any atom is -0.250 e. The summed E-state index contributed by atoms with van der Waals surface area (Å²) in [5, 5.41) is 4.23. The van der Waals surface area contributed by atoms with Gasteiger partial charge in [0.25, 0.3) is 0 Å². The minimum absolute atomic E-state index is 0.0364. The van der Waals surface area contributed by atoms with Crippen LogP contribution in [-0.2, 0) is 6.54 Å². The number of pyridine rings is 1. The molecule has 0 bridgehead atoms. The average Bonchev–Trinajstić information content (AvgIpc) is 2.72. The van der Waals surface area contributed by atoms with Gasteiger partial charge >= 0.3 is 5.69 Å². The maximum absolute atomic E-state index is 13.1. The van der Waals surface area contributed by atoms with Crippen molar-refractivity contribution >= 4 is 17.2 Å². The van der Waals surface area contributed by atoms with Crippen molar-refractivity contribution in [3.63, 3.8) is 0 Å². The van der Waals surface area contributed by atoms with Gasteiger partial charge in [-0.3, -0.25) is 4.40 Å². The van der Waals surface area contributed by atoms with Crippen LogP contribution in [0, 0.1) is 5.82 Å². The van der Waals surface area contributed by atoms with E-state index in [1.165, 1.54) is 21.2 Å². The fraction of sp³-hybridized carbons (Fsp3) is 0.0769. The Morgan fingerprint density at radius 2 is 2.11 bits per heavy atom. The smallest absolute Gasteiger partial charge is 0.250 e. The normalized spacial score (nSPS) is 11.1. The molecule has 96 valence electrons. The van der Waals surface area contributed by atoms with Crippen molar-refractivity contribution in [2.24, 2.45) is 0 Å². The molecule has 0 aliphatic rings. The quantitative estimate of drug-likeness (QED) is 0.721. The predicted octanol–water partition coefficient (Wildman–Crippen LogP) is 2.34.